The minimum Gasteiger partial charge on any atom is -0.389 e. The van der Waals surface area contributed by atoms with Crippen molar-refractivity contribution in [3.63, 3.8) is 0 Å². The first-order valence-electron chi connectivity index (χ1n) is 6.96. The topological polar surface area (TPSA) is 38.0 Å². The normalized spacial score (nSPS) is 23.1. The summed E-state index contributed by atoms with van der Waals surface area (Å²) in [6.07, 6.45) is 6.55. The largest absolute Gasteiger partial charge is 0.389 e. The summed E-state index contributed by atoms with van der Waals surface area (Å²) in [7, 11) is 0. The molecular formula is C15H21BrN2S. The van der Waals surface area contributed by atoms with Crippen LogP contribution in [0.25, 0.3) is 0 Å². The summed E-state index contributed by atoms with van der Waals surface area (Å²) in [5.74, 6) is 0.876. The average molecular weight is 341 g/mol. The van der Waals surface area contributed by atoms with E-state index < -0.39 is 0 Å². The Hall–Kier alpha value is -0.610. The van der Waals surface area contributed by atoms with Gasteiger partial charge in [0.05, 0.1) is 0 Å². The molecule has 0 amide bonds. The van der Waals surface area contributed by atoms with E-state index >= 15 is 0 Å². The second-order valence-corrected chi connectivity index (χ2v) is 6.64. The maximum Gasteiger partial charge on any atom is 0.104 e. The SMILES string of the molecule is CCC1CCCC(Nc2ccc(C(N)=S)cc2Br)C1. The molecule has 0 aromatic heterocycles. The highest BCUT2D eigenvalue weighted by atomic mass is 79.9. The molecule has 1 aliphatic carbocycles. The van der Waals surface area contributed by atoms with Gasteiger partial charge in [-0.2, -0.15) is 0 Å². The zero-order valence-electron chi connectivity index (χ0n) is 11.3. The highest BCUT2D eigenvalue weighted by Gasteiger charge is 2.21. The second-order valence-electron chi connectivity index (χ2n) is 5.34. The van der Waals surface area contributed by atoms with Crippen molar-refractivity contribution in [3.05, 3.63) is 28.2 Å². The van der Waals surface area contributed by atoms with E-state index in [0.717, 1.165) is 21.6 Å². The molecule has 1 aromatic rings. The molecular weight excluding hydrogens is 320 g/mol. The molecule has 0 spiro atoms. The van der Waals surface area contributed by atoms with Crippen LogP contribution in [-0.4, -0.2) is 11.0 Å². The Morgan fingerprint density at radius 2 is 2.26 bits per heavy atom. The van der Waals surface area contributed by atoms with Crippen LogP contribution >= 0.6 is 28.1 Å². The van der Waals surface area contributed by atoms with Crippen LogP contribution in [-0.2, 0) is 0 Å². The van der Waals surface area contributed by atoms with Gasteiger partial charge >= 0.3 is 0 Å². The van der Waals surface area contributed by atoms with E-state index in [1.807, 2.05) is 12.1 Å². The van der Waals surface area contributed by atoms with Crippen molar-refractivity contribution in [2.24, 2.45) is 11.7 Å². The summed E-state index contributed by atoms with van der Waals surface area (Å²) < 4.78 is 1.04. The van der Waals surface area contributed by atoms with Crippen LogP contribution in [0.4, 0.5) is 5.69 Å². The van der Waals surface area contributed by atoms with E-state index in [1.54, 1.807) is 0 Å². The highest BCUT2D eigenvalue weighted by Crippen LogP contribution is 2.31. The van der Waals surface area contributed by atoms with Crippen molar-refractivity contribution in [3.8, 4) is 0 Å². The van der Waals surface area contributed by atoms with Crippen molar-refractivity contribution >= 4 is 38.8 Å². The molecule has 0 saturated heterocycles. The number of anilines is 1. The Balaban J connectivity index is 2.04. The molecule has 1 aliphatic rings. The first-order valence-corrected chi connectivity index (χ1v) is 8.16. The molecule has 104 valence electrons. The Morgan fingerprint density at radius 3 is 2.89 bits per heavy atom. The predicted molar refractivity (Wildman–Crippen MR) is 89.7 cm³/mol. The van der Waals surface area contributed by atoms with Crippen LogP contribution in [0.15, 0.2) is 22.7 Å². The summed E-state index contributed by atoms with van der Waals surface area (Å²) >= 11 is 8.59. The summed E-state index contributed by atoms with van der Waals surface area (Å²) in [6.45, 7) is 2.29. The lowest BCUT2D eigenvalue weighted by Gasteiger charge is -2.30. The van der Waals surface area contributed by atoms with Crippen LogP contribution in [0.5, 0.6) is 0 Å². The number of halogens is 1. The van der Waals surface area contributed by atoms with E-state index in [9.17, 15) is 0 Å². The minimum atomic E-state index is 0.441. The number of nitrogens with one attached hydrogen (secondary N) is 1. The zero-order valence-corrected chi connectivity index (χ0v) is 13.7. The molecule has 0 bridgehead atoms. The fraction of sp³-hybridized carbons (Fsp3) is 0.533. The number of hydrogen-bond acceptors (Lipinski definition) is 2. The van der Waals surface area contributed by atoms with Crippen molar-refractivity contribution in [2.75, 3.05) is 5.32 Å². The molecule has 1 fully saturated rings. The van der Waals surface area contributed by atoms with Gasteiger partial charge in [0.2, 0.25) is 0 Å². The van der Waals surface area contributed by atoms with Crippen molar-refractivity contribution in [1.29, 1.82) is 0 Å². The molecule has 1 aromatic carbocycles. The van der Waals surface area contributed by atoms with Crippen molar-refractivity contribution in [2.45, 2.75) is 45.1 Å². The number of benzene rings is 1. The van der Waals surface area contributed by atoms with Crippen LogP contribution in [0, 0.1) is 5.92 Å². The first kappa shape index (κ1) is 14.8. The van der Waals surface area contributed by atoms with Crippen LogP contribution in [0.1, 0.15) is 44.6 Å². The van der Waals surface area contributed by atoms with Gasteiger partial charge in [0, 0.05) is 21.8 Å². The summed E-state index contributed by atoms with van der Waals surface area (Å²) in [5, 5.41) is 3.65. The van der Waals surface area contributed by atoms with Crippen molar-refractivity contribution < 1.29 is 0 Å². The van der Waals surface area contributed by atoms with Gasteiger partial charge in [0.1, 0.15) is 4.99 Å². The van der Waals surface area contributed by atoms with E-state index in [-0.39, 0.29) is 0 Å². The lowest BCUT2D eigenvalue weighted by molar-refractivity contribution is 0.327. The number of hydrogen-bond donors (Lipinski definition) is 2. The molecule has 2 unspecified atom stereocenters. The lowest BCUT2D eigenvalue weighted by Crippen LogP contribution is -2.27. The Bertz CT molecular complexity index is 461. The van der Waals surface area contributed by atoms with E-state index in [1.165, 1.54) is 32.1 Å². The predicted octanol–water partition coefficient (Wildman–Crippen LogP) is 4.46. The third kappa shape index (κ3) is 3.93. The third-order valence-electron chi connectivity index (χ3n) is 3.97. The lowest BCUT2D eigenvalue weighted by atomic mass is 9.84. The molecule has 2 rings (SSSR count). The van der Waals surface area contributed by atoms with Gasteiger partial charge < -0.3 is 11.1 Å². The molecule has 2 atom stereocenters. The second kappa shape index (κ2) is 6.71. The zero-order chi connectivity index (χ0) is 13.8. The first-order chi connectivity index (χ1) is 9.10. The monoisotopic (exact) mass is 340 g/mol. The van der Waals surface area contributed by atoms with Crippen LogP contribution in [0.2, 0.25) is 0 Å². The fourth-order valence-corrected chi connectivity index (χ4v) is 3.42. The van der Waals surface area contributed by atoms with Crippen molar-refractivity contribution in [1.82, 2.24) is 0 Å². The van der Waals surface area contributed by atoms with Crippen LogP contribution < -0.4 is 11.1 Å². The standard InChI is InChI=1S/C15H21BrN2S/c1-2-10-4-3-5-12(8-10)18-14-7-6-11(15(17)19)9-13(14)16/h6-7,9-10,12,18H,2-5,8H2,1H3,(H2,17,19). The molecule has 4 heteroatoms. The Kier molecular flexibility index (Phi) is 5.22. The third-order valence-corrected chi connectivity index (χ3v) is 4.87. The van der Waals surface area contributed by atoms with Gasteiger partial charge in [0.25, 0.3) is 0 Å². The molecule has 3 N–H and O–H groups in total. The van der Waals surface area contributed by atoms with E-state index in [4.69, 9.17) is 18.0 Å². The highest BCUT2D eigenvalue weighted by molar-refractivity contribution is 9.10. The van der Waals surface area contributed by atoms with Gasteiger partial charge in [-0.25, -0.2) is 0 Å². The van der Waals surface area contributed by atoms with Crippen LogP contribution in [0.3, 0.4) is 0 Å². The van der Waals surface area contributed by atoms with E-state index in [0.29, 0.717) is 11.0 Å². The molecule has 19 heavy (non-hydrogen) atoms. The van der Waals surface area contributed by atoms with Gasteiger partial charge in [-0.05, 0) is 52.9 Å². The van der Waals surface area contributed by atoms with Gasteiger partial charge in [0.15, 0.2) is 0 Å². The number of thiocarbonyl (C=S) groups is 1. The maximum absolute atomic E-state index is 5.64. The van der Waals surface area contributed by atoms with E-state index in [2.05, 4.69) is 34.2 Å². The Morgan fingerprint density at radius 1 is 1.47 bits per heavy atom. The minimum absolute atomic E-state index is 0.441. The van der Waals surface area contributed by atoms with Gasteiger partial charge in [-0.1, -0.05) is 38.4 Å². The number of rotatable bonds is 4. The molecule has 1 saturated carbocycles. The van der Waals surface area contributed by atoms with Gasteiger partial charge in [-0.3, -0.25) is 0 Å². The molecule has 0 heterocycles. The number of nitrogens with two attached hydrogens (primary N) is 1. The maximum atomic E-state index is 5.64. The summed E-state index contributed by atoms with van der Waals surface area (Å²) in [4.78, 5) is 0.441. The fourth-order valence-electron chi connectivity index (χ4n) is 2.80. The van der Waals surface area contributed by atoms with Gasteiger partial charge in [-0.15, -0.1) is 0 Å². The molecule has 2 nitrogen and oxygen atoms in total. The summed E-state index contributed by atoms with van der Waals surface area (Å²) in [5.41, 5.74) is 7.69. The molecule has 0 aliphatic heterocycles. The quantitative estimate of drug-likeness (QED) is 0.794. The molecule has 0 radical (unpaired) electrons. The smallest absolute Gasteiger partial charge is 0.104 e. The average Bonchev–Trinajstić information content (AvgIpc) is 2.41. The summed E-state index contributed by atoms with van der Waals surface area (Å²) in [6, 6.07) is 6.62. The Labute approximate surface area is 129 Å².